The van der Waals surface area contributed by atoms with E-state index in [4.69, 9.17) is 5.73 Å². The molecule has 2 heteroatoms. The van der Waals surface area contributed by atoms with E-state index < -0.39 is 0 Å². The Morgan fingerprint density at radius 2 is 2.00 bits per heavy atom. The van der Waals surface area contributed by atoms with Gasteiger partial charge < -0.3 is 10.6 Å². The van der Waals surface area contributed by atoms with Gasteiger partial charge in [0.2, 0.25) is 0 Å². The molecule has 1 fully saturated rings. The van der Waals surface area contributed by atoms with E-state index >= 15 is 0 Å². The zero-order chi connectivity index (χ0) is 10.6. The van der Waals surface area contributed by atoms with Gasteiger partial charge in [0.25, 0.3) is 0 Å². The Hall–Kier alpha value is -0.0800. The second-order valence-corrected chi connectivity index (χ2v) is 5.49. The highest BCUT2D eigenvalue weighted by Crippen LogP contribution is 2.28. The molecule has 1 saturated carbocycles. The largest absolute Gasteiger partial charge is 0.330 e. The van der Waals surface area contributed by atoms with Crippen molar-refractivity contribution in [3.63, 3.8) is 0 Å². The molecule has 0 saturated heterocycles. The summed E-state index contributed by atoms with van der Waals surface area (Å²) in [5.74, 6) is 0.975. The molecule has 0 aromatic carbocycles. The summed E-state index contributed by atoms with van der Waals surface area (Å²) in [5.41, 5.74) is 6.04. The summed E-state index contributed by atoms with van der Waals surface area (Å²) in [6, 6.07) is 0. The maximum Gasteiger partial charge on any atom is 0.00447 e. The van der Waals surface area contributed by atoms with Gasteiger partial charge in [-0.2, -0.15) is 0 Å². The average Bonchev–Trinajstić information content (AvgIpc) is 2.09. The Morgan fingerprint density at radius 1 is 1.36 bits per heavy atom. The topological polar surface area (TPSA) is 29.3 Å². The molecule has 0 atom stereocenters. The van der Waals surface area contributed by atoms with Crippen LogP contribution in [0.3, 0.4) is 0 Å². The first-order valence-electron chi connectivity index (χ1n) is 6.00. The van der Waals surface area contributed by atoms with Gasteiger partial charge >= 0.3 is 0 Å². The summed E-state index contributed by atoms with van der Waals surface area (Å²) in [6.45, 7) is 11.2. The Labute approximate surface area is 88.8 Å². The summed E-state index contributed by atoms with van der Waals surface area (Å²) >= 11 is 0. The van der Waals surface area contributed by atoms with Crippen LogP contribution in [-0.4, -0.2) is 31.1 Å². The van der Waals surface area contributed by atoms with E-state index in [0.717, 1.165) is 19.0 Å². The molecular formula is C12H26N2. The molecule has 1 rings (SSSR count). The molecule has 0 unspecified atom stereocenters. The first-order valence-corrected chi connectivity index (χ1v) is 6.00. The van der Waals surface area contributed by atoms with Crippen LogP contribution < -0.4 is 5.73 Å². The first kappa shape index (κ1) is 12.0. The molecular weight excluding hydrogens is 172 g/mol. The lowest BCUT2D eigenvalue weighted by atomic mass is 9.84. The van der Waals surface area contributed by atoms with Crippen molar-refractivity contribution in [2.45, 2.75) is 40.0 Å². The summed E-state index contributed by atoms with van der Waals surface area (Å²) in [7, 11) is 0. The monoisotopic (exact) mass is 198 g/mol. The van der Waals surface area contributed by atoms with E-state index in [9.17, 15) is 0 Å². The van der Waals surface area contributed by atoms with Crippen LogP contribution in [0.15, 0.2) is 0 Å². The van der Waals surface area contributed by atoms with Crippen molar-refractivity contribution in [1.82, 2.24) is 4.90 Å². The van der Waals surface area contributed by atoms with Gasteiger partial charge in [-0.3, -0.25) is 0 Å². The molecule has 0 bridgehead atoms. The molecule has 0 spiro atoms. The zero-order valence-electron chi connectivity index (χ0n) is 10.1. The maximum absolute atomic E-state index is 5.76. The maximum atomic E-state index is 5.76. The predicted octanol–water partition coefficient (Wildman–Crippen LogP) is 2.09. The molecule has 14 heavy (non-hydrogen) atoms. The lowest BCUT2D eigenvalue weighted by Crippen LogP contribution is -2.41. The van der Waals surface area contributed by atoms with E-state index in [0.29, 0.717) is 0 Å². The van der Waals surface area contributed by atoms with Crippen LogP contribution in [0.25, 0.3) is 0 Å². The minimum Gasteiger partial charge on any atom is -0.330 e. The molecule has 0 aromatic rings. The van der Waals surface area contributed by atoms with Crippen molar-refractivity contribution < 1.29 is 0 Å². The number of nitrogens with zero attached hydrogens (tertiary/aromatic N) is 1. The van der Waals surface area contributed by atoms with Crippen molar-refractivity contribution in [2.75, 3.05) is 26.2 Å². The number of nitrogens with two attached hydrogens (primary N) is 1. The highest BCUT2D eigenvalue weighted by atomic mass is 15.1. The predicted molar refractivity (Wildman–Crippen MR) is 62.3 cm³/mol. The van der Waals surface area contributed by atoms with Gasteiger partial charge in [-0.05, 0) is 37.3 Å². The lowest BCUT2D eigenvalue weighted by Gasteiger charge is -2.36. The Morgan fingerprint density at radius 3 is 2.36 bits per heavy atom. The molecule has 1 aliphatic rings. The quantitative estimate of drug-likeness (QED) is 0.708. The molecule has 2 nitrogen and oxygen atoms in total. The third-order valence-electron chi connectivity index (χ3n) is 3.39. The van der Waals surface area contributed by atoms with Gasteiger partial charge in [-0.25, -0.2) is 0 Å². The fourth-order valence-corrected chi connectivity index (χ4v) is 2.02. The van der Waals surface area contributed by atoms with E-state index in [1.807, 2.05) is 0 Å². The molecule has 2 N–H and O–H groups in total. The van der Waals surface area contributed by atoms with Gasteiger partial charge in [0.1, 0.15) is 0 Å². The van der Waals surface area contributed by atoms with Crippen LogP contribution >= 0.6 is 0 Å². The lowest BCUT2D eigenvalue weighted by molar-refractivity contribution is 0.137. The molecule has 0 aromatic heterocycles. The molecule has 84 valence electrons. The highest BCUT2D eigenvalue weighted by Gasteiger charge is 2.24. The van der Waals surface area contributed by atoms with Crippen LogP contribution in [0.2, 0.25) is 0 Å². The molecule has 1 aliphatic carbocycles. The summed E-state index contributed by atoms with van der Waals surface area (Å²) in [5, 5.41) is 0. The van der Waals surface area contributed by atoms with Crippen molar-refractivity contribution in [2.24, 2.45) is 17.1 Å². The number of rotatable bonds is 6. The normalized spacial score (nSPS) is 18.6. The second kappa shape index (κ2) is 5.13. The van der Waals surface area contributed by atoms with Crippen LogP contribution in [0.5, 0.6) is 0 Å². The van der Waals surface area contributed by atoms with E-state index in [1.165, 1.54) is 32.4 Å². The molecule has 0 amide bonds. The van der Waals surface area contributed by atoms with E-state index in [2.05, 4.69) is 25.7 Å². The van der Waals surface area contributed by atoms with Gasteiger partial charge in [0.05, 0.1) is 0 Å². The van der Waals surface area contributed by atoms with Crippen LogP contribution in [0, 0.1) is 11.3 Å². The SMILES string of the molecule is CCN(CC1CCC1)CC(C)(C)CN. The number of hydrogen-bond donors (Lipinski definition) is 1. The molecule has 0 aliphatic heterocycles. The van der Waals surface area contributed by atoms with Gasteiger partial charge in [0, 0.05) is 13.1 Å². The number of hydrogen-bond acceptors (Lipinski definition) is 2. The van der Waals surface area contributed by atoms with Crippen molar-refractivity contribution >= 4 is 0 Å². The Balaban J connectivity index is 2.29. The fourth-order valence-electron chi connectivity index (χ4n) is 2.02. The average molecular weight is 198 g/mol. The second-order valence-electron chi connectivity index (χ2n) is 5.49. The smallest absolute Gasteiger partial charge is 0.00447 e. The van der Waals surface area contributed by atoms with Gasteiger partial charge in [0.15, 0.2) is 0 Å². The van der Waals surface area contributed by atoms with Crippen LogP contribution in [0.4, 0.5) is 0 Å². The fraction of sp³-hybridized carbons (Fsp3) is 1.00. The van der Waals surface area contributed by atoms with E-state index in [-0.39, 0.29) is 5.41 Å². The Bertz CT molecular complexity index is 162. The van der Waals surface area contributed by atoms with Crippen LogP contribution in [-0.2, 0) is 0 Å². The van der Waals surface area contributed by atoms with Gasteiger partial charge in [-0.1, -0.05) is 27.2 Å². The van der Waals surface area contributed by atoms with Gasteiger partial charge in [-0.15, -0.1) is 0 Å². The highest BCUT2D eigenvalue weighted by molar-refractivity contribution is 4.78. The molecule has 0 radical (unpaired) electrons. The van der Waals surface area contributed by atoms with Crippen molar-refractivity contribution in [3.8, 4) is 0 Å². The standard InChI is InChI=1S/C12H26N2/c1-4-14(8-11-6-5-7-11)10-12(2,3)9-13/h11H,4-10,13H2,1-3H3. The third-order valence-corrected chi connectivity index (χ3v) is 3.39. The summed E-state index contributed by atoms with van der Waals surface area (Å²) < 4.78 is 0. The van der Waals surface area contributed by atoms with E-state index in [1.54, 1.807) is 0 Å². The minimum absolute atomic E-state index is 0.278. The van der Waals surface area contributed by atoms with Crippen molar-refractivity contribution in [3.05, 3.63) is 0 Å². The van der Waals surface area contributed by atoms with Crippen LogP contribution in [0.1, 0.15) is 40.0 Å². The minimum atomic E-state index is 0.278. The Kier molecular flexibility index (Phi) is 4.39. The zero-order valence-corrected chi connectivity index (χ0v) is 10.1. The third kappa shape index (κ3) is 3.58. The van der Waals surface area contributed by atoms with Crippen molar-refractivity contribution in [1.29, 1.82) is 0 Å². The first-order chi connectivity index (χ1) is 6.57. The molecule has 0 heterocycles. The summed E-state index contributed by atoms with van der Waals surface area (Å²) in [4.78, 5) is 2.57. The summed E-state index contributed by atoms with van der Waals surface area (Å²) in [6.07, 6.45) is 4.33.